The maximum atomic E-state index is 12.3. The molecule has 4 nitrogen and oxygen atoms in total. The molecule has 2 rings (SSSR count). The fourth-order valence-corrected chi connectivity index (χ4v) is 2.72. The Morgan fingerprint density at radius 3 is 2.23 bits per heavy atom. The monoisotopic (exact) mass is 352 g/mol. The van der Waals surface area contributed by atoms with Crippen molar-refractivity contribution in [3.8, 4) is 0 Å². The summed E-state index contributed by atoms with van der Waals surface area (Å²) < 4.78 is 0. The van der Waals surface area contributed by atoms with Gasteiger partial charge in [0, 0.05) is 31.3 Å². The van der Waals surface area contributed by atoms with Gasteiger partial charge in [0.2, 0.25) is 0 Å². The van der Waals surface area contributed by atoms with E-state index in [1.54, 1.807) is 29.2 Å². The average Bonchev–Trinajstić information content (AvgIpc) is 2.69. The van der Waals surface area contributed by atoms with E-state index in [-0.39, 0.29) is 11.8 Å². The molecular weight excluding hydrogens is 324 g/mol. The number of unbranched alkanes of at least 4 members (excludes halogenated alkanes) is 1. The molecule has 0 saturated heterocycles. The van der Waals surface area contributed by atoms with Crippen LogP contribution in [0.2, 0.25) is 0 Å². The number of aryl methyl sites for hydroxylation is 1. The van der Waals surface area contributed by atoms with Crippen molar-refractivity contribution in [3.63, 3.8) is 0 Å². The minimum absolute atomic E-state index is 0.00623. The van der Waals surface area contributed by atoms with Gasteiger partial charge in [-0.15, -0.1) is 0 Å². The summed E-state index contributed by atoms with van der Waals surface area (Å²) in [5.41, 5.74) is 2.47. The maximum absolute atomic E-state index is 12.3. The Labute approximate surface area is 156 Å². The quantitative estimate of drug-likeness (QED) is 0.695. The second-order valence-electron chi connectivity index (χ2n) is 6.50. The highest BCUT2D eigenvalue weighted by atomic mass is 16.2. The Morgan fingerprint density at radius 1 is 0.923 bits per heavy atom. The van der Waals surface area contributed by atoms with Crippen LogP contribution in [0.3, 0.4) is 0 Å². The molecule has 0 aliphatic rings. The molecule has 0 unspecified atom stereocenters. The number of rotatable bonds is 9. The van der Waals surface area contributed by atoms with Gasteiger partial charge < -0.3 is 10.2 Å². The molecule has 0 atom stereocenters. The summed E-state index contributed by atoms with van der Waals surface area (Å²) in [6, 6.07) is 17.1. The first kappa shape index (κ1) is 19.7. The summed E-state index contributed by atoms with van der Waals surface area (Å²) in [4.78, 5) is 26.2. The lowest BCUT2D eigenvalue weighted by Crippen LogP contribution is -2.28. The smallest absolute Gasteiger partial charge is 0.253 e. The average molecular weight is 352 g/mol. The molecule has 0 aliphatic carbocycles. The third kappa shape index (κ3) is 6.03. The highest BCUT2D eigenvalue weighted by Crippen LogP contribution is 2.08. The molecule has 0 heterocycles. The molecule has 26 heavy (non-hydrogen) atoms. The molecule has 0 radical (unpaired) electrons. The van der Waals surface area contributed by atoms with E-state index in [1.165, 1.54) is 5.56 Å². The Kier molecular flexibility index (Phi) is 7.87. The highest BCUT2D eigenvalue weighted by Gasteiger charge is 2.12. The highest BCUT2D eigenvalue weighted by molar-refractivity contribution is 5.97. The molecule has 0 aromatic heterocycles. The van der Waals surface area contributed by atoms with Crippen LogP contribution < -0.4 is 5.32 Å². The van der Waals surface area contributed by atoms with Gasteiger partial charge in [-0.3, -0.25) is 9.59 Å². The number of amides is 2. The van der Waals surface area contributed by atoms with Crippen LogP contribution in [0.25, 0.3) is 0 Å². The van der Waals surface area contributed by atoms with Crippen molar-refractivity contribution in [3.05, 3.63) is 71.3 Å². The molecule has 1 N–H and O–H groups in total. The minimum atomic E-state index is -0.101. The van der Waals surface area contributed by atoms with Crippen LogP contribution in [-0.2, 0) is 6.42 Å². The molecule has 138 valence electrons. The van der Waals surface area contributed by atoms with Crippen molar-refractivity contribution in [2.45, 2.75) is 32.6 Å². The second kappa shape index (κ2) is 10.4. The van der Waals surface area contributed by atoms with Crippen LogP contribution in [0.1, 0.15) is 52.5 Å². The number of hydrogen-bond acceptors (Lipinski definition) is 2. The number of hydrogen-bond donors (Lipinski definition) is 1. The first-order chi connectivity index (χ1) is 12.6. The Morgan fingerprint density at radius 2 is 1.58 bits per heavy atom. The summed E-state index contributed by atoms with van der Waals surface area (Å²) in [7, 11) is 1.81. The van der Waals surface area contributed by atoms with E-state index in [0.29, 0.717) is 17.7 Å². The zero-order valence-corrected chi connectivity index (χ0v) is 15.7. The molecule has 2 aromatic carbocycles. The van der Waals surface area contributed by atoms with Gasteiger partial charge in [-0.25, -0.2) is 0 Å². The lowest BCUT2D eigenvalue weighted by atomic mass is 10.1. The molecule has 0 fully saturated rings. The van der Waals surface area contributed by atoms with Crippen molar-refractivity contribution in [1.29, 1.82) is 0 Å². The normalized spacial score (nSPS) is 10.4. The van der Waals surface area contributed by atoms with Crippen LogP contribution >= 0.6 is 0 Å². The Balaban J connectivity index is 1.79. The standard InChI is InChI=1S/C22H28N2O2/c1-3-4-17-24(2)22(26)20-14-12-19(13-15-20)21(25)23-16-8-11-18-9-6-5-7-10-18/h5-7,9-10,12-15H,3-4,8,11,16-17H2,1-2H3,(H,23,25). The van der Waals surface area contributed by atoms with E-state index >= 15 is 0 Å². The van der Waals surface area contributed by atoms with E-state index in [2.05, 4.69) is 24.4 Å². The van der Waals surface area contributed by atoms with Crippen molar-refractivity contribution in [2.75, 3.05) is 20.1 Å². The van der Waals surface area contributed by atoms with E-state index in [4.69, 9.17) is 0 Å². The van der Waals surface area contributed by atoms with Crippen LogP contribution in [0.4, 0.5) is 0 Å². The molecule has 0 spiro atoms. The lowest BCUT2D eigenvalue weighted by Gasteiger charge is -2.16. The van der Waals surface area contributed by atoms with Crippen LogP contribution in [0.15, 0.2) is 54.6 Å². The zero-order chi connectivity index (χ0) is 18.8. The molecule has 0 saturated carbocycles. The first-order valence-electron chi connectivity index (χ1n) is 9.29. The van der Waals surface area contributed by atoms with Crippen molar-refractivity contribution in [1.82, 2.24) is 10.2 Å². The third-order valence-corrected chi connectivity index (χ3v) is 4.36. The van der Waals surface area contributed by atoms with E-state index in [1.807, 2.05) is 25.2 Å². The van der Waals surface area contributed by atoms with E-state index < -0.39 is 0 Å². The van der Waals surface area contributed by atoms with Crippen molar-refractivity contribution in [2.24, 2.45) is 0 Å². The van der Waals surface area contributed by atoms with Gasteiger partial charge in [-0.2, -0.15) is 0 Å². The molecule has 0 aliphatic heterocycles. The summed E-state index contributed by atoms with van der Waals surface area (Å²) in [5, 5.41) is 2.93. The van der Waals surface area contributed by atoms with Gasteiger partial charge in [0.15, 0.2) is 0 Å². The van der Waals surface area contributed by atoms with Gasteiger partial charge >= 0.3 is 0 Å². The molecule has 2 amide bonds. The van der Waals surface area contributed by atoms with E-state index in [9.17, 15) is 9.59 Å². The predicted octanol–water partition coefficient (Wildman–Crippen LogP) is 3.92. The van der Waals surface area contributed by atoms with Crippen molar-refractivity contribution < 1.29 is 9.59 Å². The molecular formula is C22H28N2O2. The zero-order valence-electron chi connectivity index (χ0n) is 15.7. The minimum Gasteiger partial charge on any atom is -0.352 e. The fourth-order valence-electron chi connectivity index (χ4n) is 2.72. The topological polar surface area (TPSA) is 49.4 Å². The second-order valence-corrected chi connectivity index (χ2v) is 6.50. The summed E-state index contributed by atoms with van der Waals surface area (Å²) in [5.74, 6) is -0.107. The summed E-state index contributed by atoms with van der Waals surface area (Å²) >= 11 is 0. The lowest BCUT2D eigenvalue weighted by molar-refractivity contribution is 0.0792. The number of nitrogens with zero attached hydrogens (tertiary/aromatic N) is 1. The number of carbonyl (C=O) groups excluding carboxylic acids is 2. The van der Waals surface area contributed by atoms with Gasteiger partial charge in [0.25, 0.3) is 11.8 Å². The predicted molar refractivity (Wildman–Crippen MR) is 105 cm³/mol. The fraction of sp³-hybridized carbons (Fsp3) is 0.364. The maximum Gasteiger partial charge on any atom is 0.253 e. The number of carbonyl (C=O) groups is 2. The first-order valence-corrected chi connectivity index (χ1v) is 9.29. The van der Waals surface area contributed by atoms with E-state index in [0.717, 1.165) is 32.2 Å². The number of nitrogens with one attached hydrogen (secondary N) is 1. The number of benzene rings is 2. The van der Waals surface area contributed by atoms with Crippen LogP contribution in [-0.4, -0.2) is 36.9 Å². The van der Waals surface area contributed by atoms with Gasteiger partial charge in [0.1, 0.15) is 0 Å². The van der Waals surface area contributed by atoms with Crippen molar-refractivity contribution >= 4 is 11.8 Å². The molecule has 2 aromatic rings. The van der Waals surface area contributed by atoms with Gasteiger partial charge in [0.05, 0.1) is 0 Å². The van der Waals surface area contributed by atoms with Crippen LogP contribution in [0, 0.1) is 0 Å². The Hall–Kier alpha value is -2.62. The molecule has 0 bridgehead atoms. The van der Waals surface area contributed by atoms with Crippen LogP contribution in [0.5, 0.6) is 0 Å². The molecule has 4 heteroatoms. The summed E-state index contributed by atoms with van der Waals surface area (Å²) in [6.07, 6.45) is 3.89. The summed E-state index contributed by atoms with van der Waals surface area (Å²) in [6.45, 7) is 3.48. The largest absolute Gasteiger partial charge is 0.352 e. The van der Waals surface area contributed by atoms with Gasteiger partial charge in [-0.1, -0.05) is 43.7 Å². The Bertz CT molecular complexity index is 696. The third-order valence-electron chi connectivity index (χ3n) is 4.36. The SMILES string of the molecule is CCCCN(C)C(=O)c1ccc(C(=O)NCCCc2ccccc2)cc1. The van der Waals surface area contributed by atoms with Gasteiger partial charge in [-0.05, 0) is 49.1 Å².